The van der Waals surface area contributed by atoms with Crippen molar-refractivity contribution in [3.05, 3.63) is 59.7 Å². The smallest absolute Gasteiger partial charge is 0.200 e. The van der Waals surface area contributed by atoms with E-state index < -0.39 is 5.78 Å². The highest BCUT2D eigenvalue weighted by molar-refractivity contribution is 6.12. The molecule has 2 aromatic rings. The Hall–Kier alpha value is -2.29. The number of rotatable bonds is 2. The highest BCUT2D eigenvalue weighted by Gasteiger charge is 2.15. The molecule has 0 unspecified atom stereocenters. The van der Waals surface area contributed by atoms with Crippen molar-refractivity contribution in [3.63, 3.8) is 0 Å². The molecule has 0 radical (unpaired) electrons. The van der Waals surface area contributed by atoms with E-state index in [9.17, 15) is 15.0 Å². The number of aromatic hydroxyl groups is 2. The number of phenolic OH excluding ortho intramolecular Hbond substituents is 2. The van der Waals surface area contributed by atoms with Crippen LogP contribution in [0.2, 0.25) is 0 Å². The van der Waals surface area contributed by atoms with Gasteiger partial charge in [-0.3, -0.25) is 4.79 Å². The highest BCUT2D eigenvalue weighted by Crippen LogP contribution is 2.24. The van der Waals surface area contributed by atoms with E-state index >= 15 is 0 Å². The van der Waals surface area contributed by atoms with E-state index in [1.54, 1.807) is 24.3 Å². The highest BCUT2D eigenvalue weighted by atomic mass is 16.3. The van der Waals surface area contributed by atoms with E-state index in [1.807, 2.05) is 27.7 Å². The maximum absolute atomic E-state index is 12.0. The summed E-state index contributed by atoms with van der Waals surface area (Å²) in [5, 5.41) is 19.1. The van der Waals surface area contributed by atoms with Crippen LogP contribution < -0.4 is 0 Å². The lowest BCUT2D eigenvalue weighted by Gasteiger charge is -2.04. The lowest BCUT2D eigenvalue weighted by molar-refractivity contribution is 0.103. The molecule has 0 saturated heterocycles. The van der Waals surface area contributed by atoms with Crippen molar-refractivity contribution in [2.45, 2.75) is 48.0 Å². The van der Waals surface area contributed by atoms with Gasteiger partial charge in [0.05, 0.1) is 11.1 Å². The number of benzene rings is 2. The van der Waals surface area contributed by atoms with Gasteiger partial charge in [-0.1, -0.05) is 72.2 Å². The van der Waals surface area contributed by atoms with Gasteiger partial charge in [0.1, 0.15) is 11.5 Å². The Labute approximate surface area is 140 Å². The molecule has 3 nitrogen and oxygen atoms in total. The SMILES string of the molecule is CC.CC.CCC.O=C(c1ccccc1O)c1ccccc1O. The van der Waals surface area contributed by atoms with Crippen molar-refractivity contribution < 1.29 is 15.0 Å². The standard InChI is InChI=1S/C13H10O3.C3H8.2C2H6/c14-11-7-3-1-5-9(11)13(16)10-6-2-4-8-12(10)15;1-3-2;2*1-2/h1-8,14-15H;3H2,1-2H3;2*1-2H3. The number of para-hydroxylation sites is 2. The summed E-state index contributed by atoms with van der Waals surface area (Å²) < 4.78 is 0. The first-order valence-corrected chi connectivity index (χ1v) is 8.22. The van der Waals surface area contributed by atoms with E-state index in [0.29, 0.717) is 0 Å². The largest absolute Gasteiger partial charge is 0.507 e. The zero-order valence-electron chi connectivity index (χ0n) is 15.1. The Kier molecular flexibility index (Phi) is 14.6. The Morgan fingerprint density at radius 1 is 0.739 bits per heavy atom. The minimum Gasteiger partial charge on any atom is -0.507 e. The summed E-state index contributed by atoms with van der Waals surface area (Å²) in [6.07, 6.45) is 1.25. The van der Waals surface area contributed by atoms with Crippen molar-refractivity contribution in [2.75, 3.05) is 0 Å². The fourth-order valence-corrected chi connectivity index (χ4v) is 1.48. The van der Waals surface area contributed by atoms with Crippen LogP contribution in [0.1, 0.15) is 63.9 Å². The summed E-state index contributed by atoms with van der Waals surface area (Å²) in [5.74, 6) is -0.567. The predicted molar refractivity (Wildman–Crippen MR) is 98.3 cm³/mol. The molecule has 128 valence electrons. The third-order valence-electron chi connectivity index (χ3n) is 2.30. The molecule has 0 aliphatic carbocycles. The van der Waals surface area contributed by atoms with Gasteiger partial charge in [-0.15, -0.1) is 0 Å². The maximum atomic E-state index is 12.0. The summed E-state index contributed by atoms with van der Waals surface area (Å²) in [6.45, 7) is 12.2. The van der Waals surface area contributed by atoms with Crippen LogP contribution in [0, 0.1) is 0 Å². The molecule has 0 aliphatic heterocycles. The van der Waals surface area contributed by atoms with E-state index in [4.69, 9.17) is 0 Å². The van der Waals surface area contributed by atoms with E-state index in [1.165, 1.54) is 30.7 Å². The Morgan fingerprint density at radius 2 is 1.00 bits per heavy atom. The van der Waals surface area contributed by atoms with Gasteiger partial charge in [-0.05, 0) is 24.3 Å². The number of phenols is 2. The Bertz CT molecular complexity index is 501. The van der Waals surface area contributed by atoms with Gasteiger partial charge in [0.25, 0.3) is 0 Å². The molecule has 0 atom stereocenters. The quantitative estimate of drug-likeness (QED) is 0.688. The minimum absolute atomic E-state index is 0.0873. The molecule has 2 rings (SSSR count). The monoisotopic (exact) mass is 318 g/mol. The maximum Gasteiger partial charge on any atom is 0.200 e. The van der Waals surface area contributed by atoms with E-state index in [2.05, 4.69) is 13.8 Å². The van der Waals surface area contributed by atoms with Crippen LogP contribution in [-0.4, -0.2) is 16.0 Å². The van der Waals surface area contributed by atoms with Crippen molar-refractivity contribution in [1.29, 1.82) is 0 Å². The second-order valence-electron chi connectivity index (χ2n) is 4.07. The molecular weight excluding hydrogens is 288 g/mol. The Morgan fingerprint density at radius 3 is 1.26 bits per heavy atom. The van der Waals surface area contributed by atoms with Crippen LogP contribution in [0.3, 0.4) is 0 Å². The predicted octanol–water partition coefficient (Wildman–Crippen LogP) is 5.80. The van der Waals surface area contributed by atoms with Gasteiger partial charge in [0.2, 0.25) is 0 Å². The summed E-state index contributed by atoms with van der Waals surface area (Å²) in [4.78, 5) is 12.0. The molecule has 2 aromatic carbocycles. The summed E-state index contributed by atoms with van der Waals surface area (Å²) >= 11 is 0. The fourth-order valence-electron chi connectivity index (χ4n) is 1.48. The average molecular weight is 318 g/mol. The third kappa shape index (κ3) is 8.05. The van der Waals surface area contributed by atoms with Crippen LogP contribution in [-0.2, 0) is 0 Å². The molecule has 0 heterocycles. The first-order chi connectivity index (χ1) is 11.1. The van der Waals surface area contributed by atoms with Gasteiger partial charge >= 0.3 is 0 Å². The first-order valence-electron chi connectivity index (χ1n) is 8.22. The molecule has 0 saturated carbocycles. The zero-order valence-corrected chi connectivity index (χ0v) is 15.1. The topological polar surface area (TPSA) is 57.5 Å². The first kappa shape index (κ1) is 23.0. The fraction of sp³-hybridized carbons (Fsp3) is 0.350. The molecule has 0 fully saturated rings. The van der Waals surface area contributed by atoms with Crippen LogP contribution in [0.25, 0.3) is 0 Å². The van der Waals surface area contributed by atoms with Crippen LogP contribution >= 0.6 is 0 Å². The number of carbonyl (C=O) groups is 1. The Balaban J connectivity index is 0. The molecule has 0 bridgehead atoms. The van der Waals surface area contributed by atoms with Crippen LogP contribution in [0.15, 0.2) is 48.5 Å². The summed E-state index contributed by atoms with van der Waals surface area (Å²) in [6, 6.07) is 12.5. The van der Waals surface area contributed by atoms with Crippen LogP contribution in [0.4, 0.5) is 0 Å². The molecule has 0 aliphatic rings. The van der Waals surface area contributed by atoms with Gasteiger partial charge in [-0.2, -0.15) is 0 Å². The number of hydrogen-bond donors (Lipinski definition) is 2. The van der Waals surface area contributed by atoms with Gasteiger partial charge in [-0.25, -0.2) is 0 Å². The van der Waals surface area contributed by atoms with E-state index in [-0.39, 0.29) is 22.6 Å². The van der Waals surface area contributed by atoms with Gasteiger partial charge in [0, 0.05) is 0 Å². The van der Waals surface area contributed by atoms with Gasteiger partial charge in [0.15, 0.2) is 5.78 Å². The van der Waals surface area contributed by atoms with Crippen molar-refractivity contribution >= 4 is 5.78 Å². The molecule has 2 N–H and O–H groups in total. The summed E-state index contributed by atoms with van der Waals surface area (Å²) in [7, 11) is 0. The second kappa shape index (κ2) is 14.6. The normalized spacial score (nSPS) is 8.26. The number of carbonyl (C=O) groups excluding carboxylic acids is 1. The molecule has 0 aromatic heterocycles. The van der Waals surface area contributed by atoms with Crippen LogP contribution in [0.5, 0.6) is 11.5 Å². The number of ketones is 1. The summed E-state index contributed by atoms with van der Waals surface area (Å²) in [5.41, 5.74) is 0.369. The lowest BCUT2D eigenvalue weighted by Crippen LogP contribution is -2.01. The van der Waals surface area contributed by atoms with Crippen molar-refractivity contribution in [2.24, 2.45) is 0 Å². The number of hydrogen-bond acceptors (Lipinski definition) is 3. The zero-order chi connectivity index (χ0) is 18.3. The minimum atomic E-state index is -0.392. The molecular formula is C20H30O3. The van der Waals surface area contributed by atoms with E-state index in [0.717, 1.165) is 0 Å². The molecule has 0 amide bonds. The third-order valence-corrected chi connectivity index (χ3v) is 2.30. The van der Waals surface area contributed by atoms with Crippen molar-refractivity contribution in [3.8, 4) is 11.5 Å². The second-order valence-corrected chi connectivity index (χ2v) is 4.07. The molecule has 3 heteroatoms. The molecule has 0 spiro atoms. The van der Waals surface area contributed by atoms with Gasteiger partial charge < -0.3 is 10.2 Å². The molecule has 23 heavy (non-hydrogen) atoms. The lowest BCUT2D eigenvalue weighted by atomic mass is 10.0. The average Bonchev–Trinajstić information content (AvgIpc) is 2.59. The van der Waals surface area contributed by atoms with Crippen molar-refractivity contribution in [1.82, 2.24) is 0 Å².